The van der Waals surface area contributed by atoms with Crippen molar-refractivity contribution in [1.82, 2.24) is 4.90 Å². The fraction of sp³-hybridized carbons (Fsp3) is 0.824. The number of hydrogen-bond acceptors (Lipinski definition) is 3. The van der Waals surface area contributed by atoms with E-state index in [1.165, 1.54) is 25.7 Å². The second-order valence-corrected chi connectivity index (χ2v) is 7.15. The molecule has 0 bridgehead atoms. The third kappa shape index (κ3) is 2.72. The summed E-state index contributed by atoms with van der Waals surface area (Å²) in [5.41, 5.74) is 7.84. The number of likely N-dealkylation sites (N-methyl/N-ethyl adjacent to an activating group) is 1. The molecule has 2 N–H and O–H groups in total. The van der Waals surface area contributed by atoms with Crippen LogP contribution in [0.1, 0.15) is 52.4 Å². The van der Waals surface area contributed by atoms with Gasteiger partial charge in [-0.05, 0) is 36.5 Å². The highest BCUT2D eigenvalue weighted by Crippen LogP contribution is 2.48. The SMILES string of the molecule is C=C([C@@H](N)C1(C)CCCC1)N(C)C1C(CCC#N)[C@@H]1C. The molecule has 2 aliphatic carbocycles. The summed E-state index contributed by atoms with van der Waals surface area (Å²) in [4.78, 5) is 2.31. The van der Waals surface area contributed by atoms with E-state index in [2.05, 4.69) is 38.4 Å². The molecule has 3 heteroatoms. The minimum absolute atomic E-state index is 0.0689. The molecule has 2 unspecified atom stereocenters. The highest BCUT2D eigenvalue weighted by Gasteiger charge is 2.50. The molecule has 2 fully saturated rings. The lowest BCUT2D eigenvalue weighted by Crippen LogP contribution is -2.44. The summed E-state index contributed by atoms with van der Waals surface area (Å²) in [6.45, 7) is 8.88. The Bertz CT molecular complexity index is 403. The van der Waals surface area contributed by atoms with Gasteiger partial charge in [0, 0.05) is 31.2 Å². The van der Waals surface area contributed by atoms with E-state index in [1.807, 2.05) is 0 Å². The van der Waals surface area contributed by atoms with Gasteiger partial charge >= 0.3 is 0 Å². The van der Waals surface area contributed by atoms with Crippen LogP contribution < -0.4 is 5.73 Å². The third-order valence-corrected chi connectivity index (χ3v) is 5.86. The molecule has 4 atom stereocenters. The van der Waals surface area contributed by atoms with Crippen molar-refractivity contribution in [3.05, 3.63) is 12.3 Å². The number of nitriles is 1. The van der Waals surface area contributed by atoms with Crippen LogP contribution in [0.5, 0.6) is 0 Å². The zero-order valence-electron chi connectivity index (χ0n) is 13.2. The lowest BCUT2D eigenvalue weighted by Gasteiger charge is -2.37. The zero-order chi connectivity index (χ0) is 14.9. The van der Waals surface area contributed by atoms with E-state index >= 15 is 0 Å². The minimum atomic E-state index is 0.0689. The summed E-state index contributed by atoms with van der Waals surface area (Å²) in [7, 11) is 2.13. The summed E-state index contributed by atoms with van der Waals surface area (Å²) in [6.07, 6.45) is 6.71. The molecule has 0 radical (unpaired) electrons. The Hall–Kier alpha value is -1.01. The van der Waals surface area contributed by atoms with Gasteiger partial charge in [-0.2, -0.15) is 5.26 Å². The van der Waals surface area contributed by atoms with Crippen LogP contribution in [0.25, 0.3) is 0 Å². The van der Waals surface area contributed by atoms with Gasteiger partial charge in [0.25, 0.3) is 0 Å². The fourth-order valence-electron chi connectivity index (χ4n) is 4.13. The van der Waals surface area contributed by atoms with E-state index in [0.29, 0.717) is 24.3 Å². The predicted molar refractivity (Wildman–Crippen MR) is 82.7 cm³/mol. The molecule has 0 heterocycles. The normalized spacial score (nSPS) is 32.5. The van der Waals surface area contributed by atoms with Crippen LogP contribution in [0.2, 0.25) is 0 Å². The summed E-state index contributed by atoms with van der Waals surface area (Å²) in [5, 5.41) is 8.73. The Balaban J connectivity index is 1.94. The van der Waals surface area contributed by atoms with Crippen molar-refractivity contribution in [3.63, 3.8) is 0 Å². The van der Waals surface area contributed by atoms with Gasteiger partial charge in [-0.1, -0.05) is 33.3 Å². The molecular weight excluding hydrogens is 246 g/mol. The predicted octanol–water partition coefficient (Wildman–Crippen LogP) is 3.28. The second-order valence-electron chi connectivity index (χ2n) is 7.15. The van der Waals surface area contributed by atoms with Crippen LogP contribution in [-0.2, 0) is 0 Å². The Morgan fingerprint density at radius 3 is 2.65 bits per heavy atom. The van der Waals surface area contributed by atoms with Gasteiger partial charge < -0.3 is 10.6 Å². The van der Waals surface area contributed by atoms with Crippen molar-refractivity contribution in [2.45, 2.75) is 64.5 Å². The van der Waals surface area contributed by atoms with Crippen LogP contribution in [0.15, 0.2) is 12.3 Å². The van der Waals surface area contributed by atoms with Gasteiger partial charge in [-0.25, -0.2) is 0 Å². The van der Waals surface area contributed by atoms with E-state index < -0.39 is 0 Å². The highest BCUT2D eigenvalue weighted by molar-refractivity contribution is 5.16. The Morgan fingerprint density at radius 1 is 1.50 bits per heavy atom. The first-order chi connectivity index (χ1) is 9.42. The van der Waals surface area contributed by atoms with Crippen LogP contribution in [-0.4, -0.2) is 24.0 Å². The molecule has 0 aromatic rings. The van der Waals surface area contributed by atoms with Crippen molar-refractivity contribution < 1.29 is 0 Å². The summed E-state index contributed by atoms with van der Waals surface area (Å²) in [6, 6.07) is 2.86. The Morgan fingerprint density at radius 2 is 2.10 bits per heavy atom. The van der Waals surface area contributed by atoms with Crippen LogP contribution in [0.3, 0.4) is 0 Å². The lowest BCUT2D eigenvalue weighted by atomic mass is 9.79. The average molecular weight is 275 g/mol. The largest absolute Gasteiger partial charge is 0.374 e. The number of hydrogen-bond donors (Lipinski definition) is 1. The molecule has 2 saturated carbocycles. The molecule has 0 aliphatic heterocycles. The van der Waals surface area contributed by atoms with E-state index in [4.69, 9.17) is 11.0 Å². The molecule has 0 spiro atoms. The monoisotopic (exact) mass is 275 g/mol. The van der Waals surface area contributed by atoms with Gasteiger partial charge in [0.1, 0.15) is 0 Å². The van der Waals surface area contributed by atoms with Crippen molar-refractivity contribution in [1.29, 1.82) is 5.26 Å². The van der Waals surface area contributed by atoms with Crippen molar-refractivity contribution in [3.8, 4) is 6.07 Å². The summed E-state index contributed by atoms with van der Waals surface area (Å²) < 4.78 is 0. The molecule has 0 amide bonds. The smallest absolute Gasteiger partial charge is 0.0621 e. The molecule has 20 heavy (non-hydrogen) atoms. The summed E-state index contributed by atoms with van der Waals surface area (Å²) >= 11 is 0. The molecule has 3 nitrogen and oxygen atoms in total. The van der Waals surface area contributed by atoms with Gasteiger partial charge in [-0.3, -0.25) is 0 Å². The maximum Gasteiger partial charge on any atom is 0.0621 e. The first kappa shape index (κ1) is 15.4. The Labute approximate surface area is 123 Å². The number of rotatable bonds is 6. The number of nitrogens with zero attached hydrogens (tertiary/aromatic N) is 2. The quantitative estimate of drug-likeness (QED) is 0.809. The maximum atomic E-state index is 8.73. The fourth-order valence-corrected chi connectivity index (χ4v) is 4.13. The van der Waals surface area contributed by atoms with Crippen molar-refractivity contribution in [2.24, 2.45) is 23.0 Å². The second kappa shape index (κ2) is 5.77. The van der Waals surface area contributed by atoms with E-state index in [0.717, 1.165) is 12.1 Å². The molecular formula is C17H29N3. The van der Waals surface area contributed by atoms with Gasteiger partial charge in [0.2, 0.25) is 0 Å². The molecule has 2 rings (SSSR count). The van der Waals surface area contributed by atoms with E-state index in [9.17, 15) is 0 Å². The molecule has 0 saturated heterocycles. The minimum Gasteiger partial charge on any atom is -0.374 e. The lowest BCUT2D eigenvalue weighted by molar-refractivity contribution is 0.237. The number of nitrogens with two attached hydrogens (primary N) is 1. The van der Waals surface area contributed by atoms with Gasteiger partial charge in [0.15, 0.2) is 0 Å². The third-order valence-electron chi connectivity index (χ3n) is 5.86. The van der Waals surface area contributed by atoms with E-state index in [1.54, 1.807) is 0 Å². The standard InChI is InChI=1S/C17H29N3/c1-12-14(8-7-11-18)15(12)20(4)13(2)16(19)17(3)9-5-6-10-17/h12,14-16H,2,5-10,19H2,1,3-4H3/t12-,14?,15?,16+/m0/s1. The van der Waals surface area contributed by atoms with Crippen molar-refractivity contribution >= 4 is 0 Å². The first-order valence-corrected chi connectivity index (χ1v) is 7.96. The average Bonchev–Trinajstić information content (AvgIpc) is 2.84. The first-order valence-electron chi connectivity index (χ1n) is 7.96. The molecule has 0 aromatic heterocycles. The Kier molecular flexibility index (Phi) is 4.44. The topological polar surface area (TPSA) is 53.0 Å². The highest BCUT2D eigenvalue weighted by atomic mass is 15.2. The molecule has 112 valence electrons. The zero-order valence-corrected chi connectivity index (χ0v) is 13.2. The van der Waals surface area contributed by atoms with Crippen LogP contribution in [0.4, 0.5) is 0 Å². The summed E-state index contributed by atoms with van der Waals surface area (Å²) in [5.74, 6) is 1.30. The maximum absolute atomic E-state index is 8.73. The van der Waals surface area contributed by atoms with Crippen LogP contribution in [0, 0.1) is 28.6 Å². The molecule has 0 aromatic carbocycles. The van der Waals surface area contributed by atoms with Gasteiger partial charge in [-0.15, -0.1) is 0 Å². The van der Waals surface area contributed by atoms with Crippen LogP contribution >= 0.6 is 0 Å². The van der Waals surface area contributed by atoms with E-state index in [-0.39, 0.29) is 11.5 Å². The van der Waals surface area contributed by atoms with Crippen molar-refractivity contribution in [2.75, 3.05) is 7.05 Å². The molecule has 2 aliphatic rings. The van der Waals surface area contributed by atoms with Gasteiger partial charge in [0.05, 0.1) is 6.07 Å².